The number of fused-ring (bicyclic) bond motifs is 1. The first-order chi connectivity index (χ1) is 10.8. The van der Waals surface area contributed by atoms with Gasteiger partial charge in [0.1, 0.15) is 6.33 Å². The fraction of sp³-hybridized carbons (Fsp3) is 0. The van der Waals surface area contributed by atoms with Crippen molar-refractivity contribution in [2.24, 2.45) is 0 Å². The number of rotatable bonds is 2. The molecule has 4 aromatic rings. The molecule has 0 bridgehead atoms. The molecule has 0 aliphatic carbocycles. The van der Waals surface area contributed by atoms with E-state index in [1.807, 2.05) is 36.5 Å². The fourth-order valence-electron chi connectivity index (χ4n) is 2.47. The summed E-state index contributed by atoms with van der Waals surface area (Å²) in [5.41, 5.74) is 10.2. The Balaban J connectivity index is 1.91. The minimum Gasteiger partial charge on any atom is -0.368 e. The van der Waals surface area contributed by atoms with Crippen molar-refractivity contribution < 1.29 is 0 Å². The second kappa shape index (κ2) is 4.92. The molecule has 0 saturated carbocycles. The van der Waals surface area contributed by atoms with Crippen LogP contribution in [0.1, 0.15) is 0 Å². The average molecular weight is 288 g/mol. The van der Waals surface area contributed by atoms with E-state index in [4.69, 9.17) is 5.73 Å². The predicted molar refractivity (Wildman–Crippen MR) is 84.8 cm³/mol. The van der Waals surface area contributed by atoms with Gasteiger partial charge in [-0.15, -0.1) is 0 Å². The van der Waals surface area contributed by atoms with Crippen LogP contribution in [0.15, 0.2) is 55.2 Å². The Morgan fingerprint density at radius 1 is 0.955 bits per heavy atom. The maximum absolute atomic E-state index is 5.87. The van der Waals surface area contributed by atoms with E-state index in [2.05, 4.69) is 24.9 Å². The van der Waals surface area contributed by atoms with E-state index in [0.717, 1.165) is 27.7 Å². The maximum Gasteiger partial charge on any atom is 0.221 e. The Bertz CT molecular complexity index is 945. The number of H-pyrrole nitrogens is 1. The molecule has 0 unspecified atom stereocenters. The Morgan fingerprint density at radius 2 is 1.73 bits per heavy atom. The number of anilines is 1. The zero-order valence-electron chi connectivity index (χ0n) is 11.6. The summed E-state index contributed by atoms with van der Waals surface area (Å²) in [6.07, 6.45) is 6.81. The van der Waals surface area contributed by atoms with Crippen molar-refractivity contribution in [1.29, 1.82) is 0 Å². The molecule has 0 aliphatic rings. The lowest BCUT2D eigenvalue weighted by Crippen LogP contribution is -1.98. The molecule has 0 spiro atoms. The highest BCUT2D eigenvalue weighted by atomic mass is 15.0. The van der Waals surface area contributed by atoms with Crippen molar-refractivity contribution in [3.63, 3.8) is 0 Å². The monoisotopic (exact) mass is 288 g/mol. The van der Waals surface area contributed by atoms with Crippen LogP contribution in [-0.2, 0) is 0 Å². The number of nitrogens with two attached hydrogens (primary N) is 1. The second-order valence-corrected chi connectivity index (χ2v) is 4.87. The van der Waals surface area contributed by atoms with Gasteiger partial charge in [-0.1, -0.05) is 18.2 Å². The Kier molecular flexibility index (Phi) is 2.79. The topological polar surface area (TPSA) is 93.4 Å². The SMILES string of the molecule is Nc1nc(-c2cncnc2)cc(-c2c[nH]c3ccccc23)n1. The Morgan fingerprint density at radius 3 is 2.59 bits per heavy atom. The van der Waals surface area contributed by atoms with Crippen molar-refractivity contribution in [3.8, 4) is 22.5 Å². The molecule has 0 fully saturated rings. The normalized spacial score (nSPS) is 10.9. The first-order valence-electron chi connectivity index (χ1n) is 6.78. The molecule has 6 nitrogen and oxygen atoms in total. The van der Waals surface area contributed by atoms with E-state index in [-0.39, 0.29) is 5.95 Å². The maximum atomic E-state index is 5.87. The van der Waals surface area contributed by atoms with Crippen LogP contribution in [0.25, 0.3) is 33.4 Å². The second-order valence-electron chi connectivity index (χ2n) is 4.87. The minimum absolute atomic E-state index is 0.224. The summed E-state index contributed by atoms with van der Waals surface area (Å²) in [5.74, 6) is 0.224. The first kappa shape index (κ1) is 12.5. The van der Waals surface area contributed by atoms with Gasteiger partial charge in [0, 0.05) is 40.6 Å². The molecule has 0 saturated heterocycles. The van der Waals surface area contributed by atoms with Gasteiger partial charge in [-0.3, -0.25) is 0 Å². The third-order valence-electron chi connectivity index (χ3n) is 3.46. The van der Waals surface area contributed by atoms with Crippen molar-refractivity contribution >= 4 is 16.9 Å². The van der Waals surface area contributed by atoms with E-state index in [0.29, 0.717) is 5.69 Å². The largest absolute Gasteiger partial charge is 0.368 e. The van der Waals surface area contributed by atoms with Crippen LogP contribution in [0, 0.1) is 0 Å². The fourth-order valence-corrected chi connectivity index (χ4v) is 2.47. The molecule has 0 amide bonds. The van der Waals surface area contributed by atoms with Crippen molar-refractivity contribution in [1.82, 2.24) is 24.9 Å². The molecule has 1 aromatic carbocycles. The number of benzene rings is 1. The zero-order valence-corrected chi connectivity index (χ0v) is 11.6. The molecule has 3 N–H and O–H groups in total. The zero-order chi connectivity index (χ0) is 14.9. The van der Waals surface area contributed by atoms with Gasteiger partial charge in [-0.2, -0.15) is 0 Å². The van der Waals surface area contributed by atoms with Crippen LogP contribution in [0.5, 0.6) is 0 Å². The predicted octanol–water partition coefficient (Wildman–Crippen LogP) is 2.66. The third-order valence-corrected chi connectivity index (χ3v) is 3.46. The van der Waals surface area contributed by atoms with Crippen molar-refractivity contribution in [2.45, 2.75) is 0 Å². The van der Waals surface area contributed by atoms with Gasteiger partial charge in [0.15, 0.2) is 0 Å². The number of hydrogen-bond acceptors (Lipinski definition) is 5. The molecule has 106 valence electrons. The molecule has 6 heteroatoms. The van der Waals surface area contributed by atoms with E-state index in [9.17, 15) is 0 Å². The first-order valence-corrected chi connectivity index (χ1v) is 6.78. The van der Waals surface area contributed by atoms with Crippen LogP contribution in [0.2, 0.25) is 0 Å². The quantitative estimate of drug-likeness (QED) is 0.591. The molecule has 3 heterocycles. The van der Waals surface area contributed by atoms with Gasteiger partial charge < -0.3 is 10.7 Å². The van der Waals surface area contributed by atoms with Gasteiger partial charge in [-0.05, 0) is 12.1 Å². The standard InChI is InChI=1S/C16H12N6/c17-16-21-14(10-6-18-9-19-7-10)5-15(22-16)12-8-20-13-4-2-1-3-11(12)13/h1-9,20H,(H2,17,21,22). The molecule has 4 rings (SSSR count). The molecule has 22 heavy (non-hydrogen) atoms. The lowest BCUT2D eigenvalue weighted by atomic mass is 10.1. The Labute approximate surface area is 126 Å². The number of nitrogens with zero attached hydrogens (tertiary/aromatic N) is 4. The number of aromatic amines is 1. The Hall–Kier alpha value is -3.28. The molecule has 0 radical (unpaired) electrons. The molecular formula is C16H12N6. The number of nitrogens with one attached hydrogen (secondary N) is 1. The molecule has 0 atom stereocenters. The summed E-state index contributed by atoms with van der Waals surface area (Å²) in [7, 11) is 0. The van der Waals surface area contributed by atoms with Gasteiger partial charge in [-0.25, -0.2) is 19.9 Å². The number of aromatic nitrogens is 5. The number of hydrogen-bond donors (Lipinski definition) is 2. The minimum atomic E-state index is 0.224. The van der Waals surface area contributed by atoms with E-state index in [1.54, 1.807) is 12.4 Å². The van der Waals surface area contributed by atoms with Gasteiger partial charge in [0.2, 0.25) is 5.95 Å². The van der Waals surface area contributed by atoms with Gasteiger partial charge >= 0.3 is 0 Å². The summed E-state index contributed by atoms with van der Waals surface area (Å²) in [5, 5.41) is 1.09. The van der Waals surface area contributed by atoms with Crippen LogP contribution >= 0.6 is 0 Å². The summed E-state index contributed by atoms with van der Waals surface area (Å²) < 4.78 is 0. The smallest absolute Gasteiger partial charge is 0.221 e. The van der Waals surface area contributed by atoms with E-state index < -0.39 is 0 Å². The summed E-state index contributed by atoms with van der Waals surface area (Å²) in [4.78, 5) is 19.9. The van der Waals surface area contributed by atoms with Gasteiger partial charge in [0.05, 0.1) is 11.4 Å². The summed E-state index contributed by atoms with van der Waals surface area (Å²) in [6.45, 7) is 0. The summed E-state index contributed by atoms with van der Waals surface area (Å²) in [6, 6.07) is 9.95. The highest BCUT2D eigenvalue weighted by molar-refractivity contribution is 5.95. The molecule has 3 aromatic heterocycles. The highest BCUT2D eigenvalue weighted by Crippen LogP contribution is 2.29. The van der Waals surface area contributed by atoms with Gasteiger partial charge in [0.25, 0.3) is 0 Å². The van der Waals surface area contributed by atoms with Crippen molar-refractivity contribution in [2.75, 3.05) is 5.73 Å². The van der Waals surface area contributed by atoms with Crippen LogP contribution in [-0.4, -0.2) is 24.9 Å². The highest BCUT2D eigenvalue weighted by Gasteiger charge is 2.11. The van der Waals surface area contributed by atoms with Crippen LogP contribution in [0.4, 0.5) is 5.95 Å². The molecular weight excluding hydrogens is 276 g/mol. The average Bonchev–Trinajstić information content (AvgIpc) is 2.99. The number of nitrogen functional groups attached to an aromatic ring is 1. The lowest BCUT2D eigenvalue weighted by Gasteiger charge is -2.05. The van der Waals surface area contributed by atoms with Crippen molar-refractivity contribution in [3.05, 3.63) is 55.2 Å². The molecule has 0 aliphatic heterocycles. The number of para-hydroxylation sites is 1. The van der Waals surface area contributed by atoms with E-state index >= 15 is 0 Å². The van der Waals surface area contributed by atoms with E-state index in [1.165, 1.54) is 6.33 Å². The van der Waals surface area contributed by atoms with Crippen LogP contribution < -0.4 is 5.73 Å². The summed E-state index contributed by atoms with van der Waals surface area (Å²) >= 11 is 0. The lowest BCUT2D eigenvalue weighted by molar-refractivity contribution is 1.14. The third kappa shape index (κ3) is 2.07. The van der Waals surface area contributed by atoms with Crippen LogP contribution in [0.3, 0.4) is 0 Å².